The van der Waals surface area contributed by atoms with Crippen molar-refractivity contribution in [2.75, 3.05) is 0 Å². The molecule has 10 rings (SSSR count). The second-order valence-corrected chi connectivity index (χ2v) is 13.0. The summed E-state index contributed by atoms with van der Waals surface area (Å²) in [5.41, 5.74) is 7.49. The van der Waals surface area contributed by atoms with E-state index in [0.717, 1.165) is 0 Å². The molecule has 8 aromatic carbocycles. The summed E-state index contributed by atoms with van der Waals surface area (Å²) in [6, 6.07) is 51.3. The van der Waals surface area contributed by atoms with Gasteiger partial charge in [-0.15, -0.1) is 0 Å². The molecule has 0 unspecified atom stereocenters. The highest BCUT2D eigenvalue weighted by Gasteiger charge is 2.22. The summed E-state index contributed by atoms with van der Waals surface area (Å²) in [7, 11) is 0. The van der Waals surface area contributed by atoms with E-state index in [9.17, 15) is 0 Å². The number of benzene rings is 8. The predicted octanol–water partition coefficient (Wildman–Crippen LogP) is 12.3. The van der Waals surface area contributed by atoms with E-state index < -0.39 is 0 Å². The van der Waals surface area contributed by atoms with E-state index >= 15 is 0 Å². The van der Waals surface area contributed by atoms with Crippen molar-refractivity contribution in [1.82, 2.24) is 4.98 Å². The molecule has 0 aliphatic carbocycles. The number of hydrogen-bond donors (Lipinski definition) is 0. The summed E-state index contributed by atoms with van der Waals surface area (Å²) in [4.78, 5) is 7.29. The molecule has 0 spiro atoms. The SMILES string of the molecule is c1ccc(-c2cc3c4ccccc4c(-c4ccc5c(c4)Sc4cc6ccccc6c6cncc-5c46)cc3c3ccccc23)cc1. The van der Waals surface area contributed by atoms with Gasteiger partial charge in [-0.1, -0.05) is 127 Å². The van der Waals surface area contributed by atoms with Gasteiger partial charge >= 0.3 is 0 Å². The fourth-order valence-corrected chi connectivity index (χ4v) is 8.68. The van der Waals surface area contributed by atoms with Crippen LogP contribution in [0.25, 0.3) is 87.2 Å². The molecule has 2 heterocycles. The molecule has 45 heavy (non-hydrogen) atoms. The van der Waals surface area contributed by atoms with Gasteiger partial charge in [0.05, 0.1) is 0 Å². The van der Waals surface area contributed by atoms with Crippen LogP contribution in [0.15, 0.2) is 162 Å². The van der Waals surface area contributed by atoms with E-state index in [-0.39, 0.29) is 0 Å². The van der Waals surface area contributed by atoms with Crippen LogP contribution < -0.4 is 0 Å². The van der Waals surface area contributed by atoms with Crippen LogP contribution in [0.5, 0.6) is 0 Å². The molecule has 9 aromatic rings. The number of aromatic nitrogens is 1. The molecule has 1 aliphatic heterocycles. The Kier molecular flexibility index (Phi) is 5.28. The van der Waals surface area contributed by atoms with E-state index in [0.29, 0.717) is 0 Å². The highest BCUT2D eigenvalue weighted by molar-refractivity contribution is 7.99. The number of pyridine rings is 1. The number of rotatable bonds is 2. The monoisotopic (exact) mass is 587 g/mol. The van der Waals surface area contributed by atoms with Gasteiger partial charge in [0.2, 0.25) is 0 Å². The molecule has 0 saturated heterocycles. The van der Waals surface area contributed by atoms with Gasteiger partial charge in [-0.25, -0.2) is 0 Å². The average molecular weight is 588 g/mol. The maximum absolute atomic E-state index is 4.71. The Morgan fingerprint density at radius 2 is 0.978 bits per heavy atom. The second kappa shape index (κ2) is 9.53. The Labute approximate surface area is 264 Å². The third-order valence-corrected chi connectivity index (χ3v) is 10.6. The van der Waals surface area contributed by atoms with Crippen LogP contribution in [0.3, 0.4) is 0 Å². The highest BCUT2D eigenvalue weighted by atomic mass is 32.2. The molecule has 0 saturated carbocycles. The van der Waals surface area contributed by atoms with Crippen molar-refractivity contribution < 1.29 is 0 Å². The summed E-state index contributed by atoms with van der Waals surface area (Å²) in [5.74, 6) is 0. The van der Waals surface area contributed by atoms with Gasteiger partial charge in [-0.3, -0.25) is 4.98 Å². The second-order valence-electron chi connectivity index (χ2n) is 11.9. The van der Waals surface area contributed by atoms with Crippen LogP contribution in [0.2, 0.25) is 0 Å². The minimum atomic E-state index is 1.22. The molecule has 0 bridgehead atoms. The van der Waals surface area contributed by atoms with Crippen molar-refractivity contribution >= 4 is 65.6 Å². The van der Waals surface area contributed by atoms with E-state index in [2.05, 4.69) is 140 Å². The van der Waals surface area contributed by atoms with Gasteiger partial charge in [0.1, 0.15) is 0 Å². The van der Waals surface area contributed by atoms with Crippen LogP contribution in [0.4, 0.5) is 0 Å². The molecule has 1 aromatic heterocycles. The van der Waals surface area contributed by atoms with E-state index in [4.69, 9.17) is 4.98 Å². The lowest BCUT2D eigenvalue weighted by Gasteiger charge is -2.22. The van der Waals surface area contributed by atoms with Crippen molar-refractivity contribution in [1.29, 1.82) is 0 Å². The zero-order chi connectivity index (χ0) is 29.5. The molecule has 0 radical (unpaired) electrons. The summed E-state index contributed by atoms with van der Waals surface area (Å²) in [6.45, 7) is 0. The Morgan fingerprint density at radius 1 is 0.356 bits per heavy atom. The van der Waals surface area contributed by atoms with Crippen molar-refractivity contribution in [3.05, 3.63) is 152 Å². The average Bonchev–Trinajstić information content (AvgIpc) is 3.11. The molecule has 1 aliphatic rings. The van der Waals surface area contributed by atoms with E-state index in [1.807, 2.05) is 24.2 Å². The van der Waals surface area contributed by atoms with Crippen LogP contribution >= 0.6 is 11.8 Å². The summed E-state index contributed by atoms with van der Waals surface area (Å²) < 4.78 is 0. The minimum absolute atomic E-state index is 1.22. The summed E-state index contributed by atoms with van der Waals surface area (Å²) in [6.07, 6.45) is 4.07. The van der Waals surface area contributed by atoms with Gasteiger partial charge in [-0.05, 0) is 95.2 Å². The fraction of sp³-hybridized carbons (Fsp3) is 0. The quantitative estimate of drug-likeness (QED) is 0.187. The van der Waals surface area contributed by atoms with Crippen LogP contribution in [0.1, 0.15) is 0 Å². The van der Waals surface area contributed by atoms with Crippen molar-refractivity contribution in [2.45, 2.75) is 9.79 Å². The smallest absolute Gasteiger partial charge is 0.0353 e. The first-order valence-corrected chi connectivity index (χ1v) is 16.2. The van der Waals surface area contributed by atoms with Crippen molar-refractivity contribution in [3.8, 4) is 33.4 Å². The van der Waals surface area contributed by atoms with Crippen LogP contribution in [-0.2, 0) is 0 Å². The lowest BCUT2D eigenvalue weighted by Crippen LogP contribution is -1.96. The molecule has 208 valence electrons. The molecular weight excluding hydrogens is 563 g/mol. The zero-order valence-electron chi connectivity index (χ0n) is 24.3. The Morgan fingerprint density at radius 3 is 1.71 bits per heavy atom. The Hall–Kier alpha value is -5.44. The third kappa shape index (κ3) is 3.67. The normalized spacial score (nSPS) is 12.4. The van der Waals surface area contributed by atoms with Crippen LogP contribution in [0, 0.1) is 0 Å². The van der Waals surface area contributed by atoms with Gasteiger partial charge in [0.15, 0.2) is 0 Å². The zero-order valence-corrected chi connectivity index (χ0v) is 25.1. The van der Waals surface area contributed by atoms with Crippen molar-refractivity contribution in [2.24, 2.45) is 0 Å². The van der Waals surface area contributed by atoms with Gasteiger partial charge < -0.3 is 0 Å². The van der Waals surface area contributed by atoms with E-state index in [1.165, 1.54) is 97.0 Å². The standard InChI is InChI=1S/C43H25NS/c1-2-10-26(11-3-1)35-22-37-33-17-9-7-15-31(33)36(23-38(37)32-16-8-6-14-30(32)35)28-18-19-34-40-25-44-24-39-29-13-5-4-12-27(29)21-42(43(39)40)45-41(34)20-28/h1-25H. The molecule has 0 fully saturated rings. The van der Waals surface area contributed by atoms with Crippen molar-refractivity contribution in [3.63, 3.8) is 0 Å². The molecule has 0 atom stereocenters. The van der Waals surface area contributed by atoms with Crippen LogP contribution in [-0.4, -0.2) is 4.98 Å². The lowest BCUT2D eigenvalue weighted by molar-refractivity contribution is 1.32. The van der Waals surface area contributed by atoms with Gasteiger partial charge in [0.25, 0.3) is 0 Å². The third-order valence-electron chi connectivity index (χ3n) is 9.50. The lowest BCUT2D eigenvalue weighted by atomic mass is 9.87. The Balaban J connectivity index is 1.23. The van der Waals surface area contributed by atoms with E-state index in [1.54, 1.807) is 0 Å². The Bertz CT molecular complexity index is 2670. The number of hydrogen-bond acceptors (Lipinski definition) is 2. The maximum Gasteiger partial charge on any atom is 0.0353 e. The minimum Gasteiger partial charge on any atom is -0.263 e. The fourth-order valence-electron chi connectivity index (χ4n) is 7.46. The maximum atomic E-state index is 4.71. The largest absolute Gasteiger partial charge is 0.263 e. The number of nitrogens with zero attached hydrogens (tertiary/aromatic N) is 1. The number of fused-ring (bicyclic) bond motifs is 9. The molecule has 2 heteroatoms. The van der Waals surface area contributed by atoms with Gasteiger partial charge in [0, 0.05) is 38.5 Å². The highest BCUT2D eigenvalue weighted by Crippen LogP contribution is 2.51. The first-order chi connectivity index (χ1) is 22.3. The summed E-state index contributed by atoms with van der Waals surface area (Å²) in [5, 5.41) is 12.8. The topological polar surface area (TPSA) is 12.9 Å². The molecule has 0 amide bonds. The molecule has 0 N–H and O–H groups in total. The molecular formula is C43H25NS. The van der Waals surface area contributed by atoms with Gasteiger partial charge in [-0.2, -0.15) is 0 Å². The first-order valence-electron chi connectivity index (χ1n) is 15.4. The summed E-state index contributed by atoms with van der Waals surface area (Å²) >= 11 is 1.88. The molecule has 1 nitrogen and oxygen atoms in total. The predicted molar refractivity (Wildman–Crippen MR) is 192 cm³/mol. The first kappa shape index (κ1) is 24.9.